The smallest absolute Gasteiger partial charge is 0.410 e. The monoisotopic (exact) mass is 1210 g/mol. The minimum atomic E-state index is -1.58. The zero-order valence-corrected chi connectivity index (χ0v) is 51.1. The fraction of sp³-hybridized carbons (Fsp3) is 0.492. The lowest BCUT2D eigenvalue weighted by molar-refractivity contribution is -0.145. The summed E-state index contributed by atoms with van der Waals surface area (Å²) in [7, 11) is 1.37. The largest absolute Gasteiger partial charge is 0.465 e. The number of amides is 8. The van der Waals surface area contributed by atoms with Crippen LogP contribution in [0.5, 0.6) is 0 Å². The summed E-state index contributed by atoms with van der Waals surface area (Å²) in [6, 6.07) is 14.3. The van der Waals surface area contributed by atoms with E-state index in [9.17, 15) is 47.9 Å². The summed E-state index contributed by atoms with van der Waals surface area (Å²) in [5.41, 5.74) is -0.773. The molecule has 2 saturated heterocycles. The van der Waals surface area contributed by atoms with Gasteiger partial charge in [-0.3, -0.25) is 43.5 Å². The highest BCUT2D eigenvalue weighted by molar-refractivity contribution is 6.05. The second-order valence-electron chi connectivity index (χ2n) is 25.4. The van der Waals surface area contributed by atoms with Gasteiger partial charge in [-0.2, -0.15) is 0 Å². The number of rotatable bonds is 16. The highest BCUT2D eigenvalue weighted by atomic mass is 19.1. The number of nitrogens with one attached hydrogen (secondary N) is 4. The topological polar surface area (TPSA) is 243 Å². The zero-order valence-electron chi connectivity index (χ0n) is 51.1. The summed E-state index contributed by atoms with van der Waals surface area (Å²) < 4.78 is 55.3. The number of benzene rings is 4. The van der Waals surface area contributed by atoms with Gasteiger partial charge in [0.1, 0.15) is 46.9 Å². The zero-order chi connectivity index (χ0) is 63.6. The molecule has 2 fully saturated rings. The van der Waals surface area contributed by atoms with Crippen molar-refractivity contribution in [3.05, 3.63) is 124 Å². The van der Waals surface area contributed by atoms with Crippen molar-refractivity contribution in [2.45, 2.75) is 129 Å². The number of para-hydroxylation sites is 1. The maximum atomic E-state index is 15.1. The third-order valence-corrected chi connectivity index (χ3v) is 16.6. The molecule has 0 aromatic heterocycles. The number of hydrogen-bond acceptors (Lipinski definition) is 12. The SMILES string of the molecule is C[C@@H]1COCCN1C[C@H]1CN(C(=O)O)[C@H](C)CN1CC(=O)N1C[C@@](C)(C(=O)NCC(=O)Nc2ccc3c(c2)[C@@H](C(=O)Nc2c(F)cccc2F)N(C(=O)[C@@H](NC(=O)[C@H](C)N(C)C(=O)OC(C)(C)C)C(C)(C)C)C3)c2ccc(Cc3ccc(F)cc3)cc21. The molecular weight excluding hydrogens is 1130 g/mol. The van der Waals surface area contributed by atoms with Crippen molar-refractivity contribution in [2.75, 3.05) is 81.6 Å². The van der Waals surface area contributed by atoms with Gasteiger partial charge in [0, 0.05) is 75.8 Å². The Labute approximate surface area is 504 Å². The van der Waals surface area contributed by atoms with E-state index in [2.05, 4.69) is 26.2 Å². The molecule has 7 atom stereocenters. The predicted molar refractivity (Wildman–Crippen MR) is 318 cm³/mol. The molecule has 0 bridgehead atoms. The first kappa shape index (κ1) is 64.9. The van der Waals surface area contributed by atoms with Gasteiger partial charge in [0.15, 0.2) is 0 Å². The van der Waals surface area contributed by atoms with Crippen LogP contribution in [0.2, 0.25) is 0 Å². The van der Waals surface area contributed by atoms with Crippen molar-refractivity contribution in [3.63, 3.8) is 0 Å². The Kier molecular flexibility index (Phi) is 19.5. The summed E-state index contributed by atoms with van der Waals surface area (Å²) in [5.74, 6) is -6.67. The molecule has 24 heteroatoms. The van der Waals surface area contributed by atoms with Gasteiger partial charge in [-0.05, 0) is 131 Å². The number of hydrogen-bond donors (Lipinski definition) is 5. The first-order chi connectivity index (χ1) is 40.8. The molecule has 0 unspecified atom stereocenters. The van der Waals surface area contributed by atoms with Crippen LogP contribution < -0.4 is 26.2 Å². The Hall–Kier alpha value is -8.09. The van der Waals surface area contributed by atoms with Gasteiger partial charge in [-0.1, -0.05) is 57.2 Å². The Balaban J connectivity index is 1.02. The molecular formula is C63H79F3N10O11. The molecule has 0 saturated carbocycles. The number of carbonyl (C=O) groups is 8. The molecule has 8 amide bonds. The third kappa shape index (κ3) is 14.8. The quantitative estimate of drug-likeness (QED) is 0.0792. The van der Waals surface area contributed by atoms with E-state index in [1.807, 2.05) is 24.0 Å². The van der Waals surface area contributed by atoms with Crippen LogP contribution in [-0.4, -0.2) is 179 Å². The lowest BCUT2D eigenvalue weighted by Gasteiger charge is -2.47. The molecule has 0 spiro atoms. The van der Waals surface area contributed by atoms with E-state index >= 15 is 8.78 Å². The highest BCUT2D eigenvalue weighted by Crippen LogP contribution is 2.43. The van der Waals surface area contributed by atoms with Crippen molar-refractivity contribution in [3.8, 4) is 0 Å². The van der Waals surface area contributed by atoms with Gasteiger partial charge in [0.2, 0.25) is 29.5 Å². The second-order valence-corrected chi connectivity index (χ2v) is 25.4. The Morgan fingerprint density at radius 3 is 2.16 bits per heavy atom. The first-order valence-corrected chi connectivity index (χ1v) is 29.1. The van der Waals surface area contributed by atoms with Crippen molar-refractivity contribution in [2.24, 2.45) is 5.41 Å². The molecule has 4 aromatic rings. The summed E-state index contributed by atoms with van der Waals surface area (Å²) in [4.78, 5) is 122. The van der Waals surface area contributed by atoms with Crippen LogP contribution in [0.25, 0.3) is 0 Å². The number of piperazine rings is 1. The number of ether oxygens (including phenoxy) is 2. The standard InChI is InChI=1S/C63H79F3N10O11/c1-36-29-73(44(32-74(36)59(83)84)31-72-23-24-86-34-37(72)2)33-51(78)76-35-63(10,46-22-17-40(26-49(46)76)25-39-15-19-42(64)20-16-39)58(82)67-28-50(77)68-43-21-18-41-30-75(53(45(41)27-43)56(80)69-52-47(65)13-12-14-48(52)66)57(81)54(61(4,5)6)70-55(79)38(3)71(11)60(85)87-62(7,8)9/h12-22,26-27,36-38,44,53-54H,23-25,28-35H2,1-11H3,(H,67,82)(H,68,77)(H,69,80)(H,70,79)(H,83,84)/t36-,37-,38+,44+,53+,54-,63-/m1/s1. The van der Waals surface area contributed by atoms with Gasteiger partial charge in [0.05, 0.1) is 31.7 Å². The van der Waals surface area contributed by atoms with E-state index in [1.54, 1.807) is 84.6 Å². The van der Waals surface area contributed by atoms with Crippen molar-refractivity contribution in [1.29, 1.82) is 0 Å². The van der Waals surface area contributed by atoms with Gasteiger partial charge < -0.3 is 50.5 Å². The maximum absolute atomic E-state index is 15.1. The fourth-order valence-corrected chi connectivity index (χ4v) is 11.5. The number of carboxylic acid groups (broad SMARTS) is 1. The second kappa shape index (κ2) is 26.1. The maximum Gasteiger partial charge on any atom is 0.410 e. The number of fused-ring (bicyclic) bond motifs is 2. The summed E-state index contributed by atoms with van der Waals surface area (Å²) in [6.45, 7) is 18.6. The van der Waals surface area contributed by atoms with Crippen LogP contribution in [0.4, 0.5) is 39.8 Å². The van der Waals surface area contributed by atoms with Crippen LogP contribution >= 0.6 is 0 Å². The Morgan fingerprint density at radius 1 is 0.839 bits per heavy atom. The summed E-state index contributed by atoms with van der Waals surface area (Å²) >= 11 is 0. The number of nitrogens with zero attached hydrogens (tertiary/aromatic N) is 6. The summed E-state index contributed by atoms with van der Waals surface area (Å²) in [5, 5.41) is 20.7. The molecule has 8 rings (SSSR count). The van der Waals surface area contributed by atoms with Crippen molar-refractivity contribution in [1.82, 2.24) is 35.1 Å². The average Bonchev–Trinajstić information content (AvgIpc) is 1.66. The number of anilines is 3. The van der Waals surface area contributed by atoms with E-state index in [0.29, 0.717) is 49.5 Å². The molecule has 87 heavy (non-hydrogen) atoms. The molecule has 4 aromatic carbocycles. The molecule has 4 heterocycles. The van der Waals surface area contributed by atoms with Crippen molar-refractivity contribution < 1.29 is 66.1 Å². The van der Waals surface area contributed by atoms with E-state index in [-0.39, 0.29) is 62.0 Å². The van der Waals surface area contributed by atoms with E-state index < -0.39 is 112 Å². The van der Waals surface area contributed by atoms with Crippen molar-refractivity contribution >= 4 is 64.7 Å². The minimum absolute atomic E-state index is 0.0674. The molecule has 21 nitrogen and oxygen atoms in total. The normalized spacial score (nSPS) is 21.2. The molecule has 0 radical (unpaired) electrons. The van der Waals surface area contributed by atoms with Gasteiger partial charge in [-0.25, -0.2) is 22.8 Å². The number of halogens is 3. The number of carbonyl (C=O) groups excluding carboxylic acids is 7. The average molecular weight is 1210 g/mol. The number of morpholine rings is 1. The van der Waals surface area contributed by atoms with Crippen LogP contribution in [0.15, 0.2) is 78.9 Å². The first-order valence-electron chi connectivity index (χ1n) is 29.1. The lowest BCUT2D eigenvalue weighted by atomic mass is 9.83. The minimum Gasteiger partial charge on any atom is -0.465 e. The Morgan fingerprint density at radius 2 is 1.52 bits per heavy atom. The fourth-order valence-electron chi connectivity index (χ4n) is 11.5. The van der Waals surface area contributed by atoms with E-state index in [4.69, 9.17) is 9.47 Å². The van der Waals surface area contributed by atoms with Crippen LogP contribution in [0, 0.1) is 22.9 Å². The van der Waals surface area contributed by atoms with Gasteiger partial charge >= 0.3 is 12.2 Å². The van der Waals surface area contributed by atoms with Crippen LogP contribution in [0.1, 0.15) is 103 Å². The number of likely N-dealkylation sites (N-methyl/N-ethyl adjacent to an activating group) is 1. The molecule has 5 N–H and O–H groups in total. The molecule has 468 valence electrons. The highest BCUT2D eigenvalue weighted by Gasteiger charge is 2.49. The summed E-state index contributed by atoms with van der Waals surface area (Å²) in [6.07, 6.45) is -1.46. The Bertz CT molecular complexity index is 3280. The molecule has 4 aliphatic heterocycles. The third-order valence-electron chi connectivity index (χ3n) is 16.6. The molecule has 0 aliphatic carbocycles. The van der Waals surface area contributed by atoms with Crippen LogP contribution in [0.3, 0.4) is 0 Å². The lowest BCUT2D eigenvalue weighted by Crippen LogP contribution is -2.64. The van der Waals surface area contributed by atoms with E-state index in [1.165, 1.54) is 43.1 Å². The van der Waals surface area contributed by atoms with E-state index in [0.717, 1.165) is 39.1 Å². The van der Waals surface area contributed by atoms with Gasteiger partial charge in [0.25, 0.3) is 5.91 Å². The molecule has 4 aliphatic rings. The predicted octanol–water partition coefficient (Wildman–Crippen LogP) is 6.64. The van der Waals surface area contributed by atoms with Crippen LogP contribution in [-0.2, 0) is 56.6 Å². The van der Waals surface area contributed by atoms with Gasteiger partial charge in [-0.15, -0.1) is 0 Å².